The van der Waals surface area contributed by atoms with Crippen molar-refractivity contribution in [2.75, 3.05) is 19.6 Å². The predicted molar refractivity (Wildman–Crippen MR) is 88.9 cm³/mol. The van der Waals surface area contributed by atoms with Crippen molar-refractivity contribution in [2.45, 2.75) is 30.7 Å². The van der Waals surface area contributed by atoms with E-state index in [-0.39, 0.29) is 33.9 Å². The highest BCUT2D eigenvalue weighted by molar-refractivity contribution is 7.89. The van der Waals surface area contributed by atoms with E-state index in [1.165, 1.54) is 22.5 Å². The summed E-state index contributed by atoms with van der Waals surface area (Å²) in [4.78, 5) is 0.129. The number of rotatable bonds is 5. The third-order valence-electron chi connectivity index (χ3n) is 3.55. The van der Waals surface area contributed by atoms with Gasteiger partial charge in [-0.05, 0) is 37.6 Å². The lowest BCUT2D eigenvalue weighted by Gasteiger charge is -2.27. The first-order chi connectivity index (χ1) is 10.0. The molecule has 5 nitrogen and oxygen atoms in total. The average molecular weight is 364 g/mol. The van der Waals surface area contributed by atoms with E-state index in [1.54, 1.807) is 0 Å². The van der Waals surface area contributed by atoms with Crippen molar-refractivity contribution in [3.63, 3.8) is 0 Å². The fourth-order valence-corrected chi connectivity index (χ4v) is 4.42. The van der Waals surface area contributed by atoms with Crippen molar-refractivity contribution in [1.82, 2.24) is 9.62 Å². The molecule has 0 radical (unpaired) electrons. The zero-order chi connectivity index (χ0) is 15.5. The Labute approximate surface area is 142 Å². The molecule has 1 unspecified atom stereocenters. The predicted octanol–water partition coefficient (Wildman–Crippen LogP) is 2.40. The molecule has 1 heterocycles. The lowest BCUT2D eigenvalue weighted by Crippen LogP contribution is -2.42. The zero-order valence-corrected chi connectivity index (χ0v) is 14.6. The van der Waals surface area contributed by atoms with Crippen LogP contribution in [0.25, 0.3) is 0 Å². The van der Waals surface area contributed by atoms with Crippen molar-refractivity contribution in [2.24, 2.45) is 0 Å². The molecule has 1 saturated heterocycles. The Morgan fingerprint density at radius 3 is 2.77 bits per heavy atom. The minimum atomic E-state index is -3.61. The van der Waals surface area contributed by atoms with Crippen molar-refractivity contribution < 1.29 is 8.42 Å². The maximum Gasteiger partial charge on any atom is 0.243 e. The molecule has 0 spiro atoms. The van der Waals surface area contributed by atoms with Gasteiger partial charge in [-0.2, -0.15) is 9.57 Å². The molecule has 1 aliphatic rings. The standard InChI is InChI=1S/C14H18ClN3O2S.ClH/c1-2-7-18(12-5-6-17-10-12)21(19,20)13-3-4-14(15)11(8-13)9-16;/h3-4,8,12,17H,2,5-7,10H2,1H3;1H. The smallest absolute Gasteiger partial charge is 0.243 e. The molecule has 1 aliphatic heterocycles. The third kappa shape index (κ3) is 3.92. The van der Waals surface area contributed by atoms with Crippen LogP contribution in [0.2, 0.25) is 5.02 Å². The summed E-state index contributed by atoms with van der Waals surface area (Å²) >= 11 is 5.87. The van der Waals surface area contributed by atoms with Crippen LogP contribution in [0.15, 0.2) is 23.1 Å². The van der Waals surface area contributed by atoms with Crippen LogP contribution in [0.4, 0.5) is 0 Å². The average Bonchev–Trinajstić information content (AvgIpc) is 2.98. The fourth-order valence-electron chi connectivity index (χ4n) is 2.49. The van der Waals surface area contributed by atoms with Gasteiger partial charge in [-0.3, -0.25) is 0 Å². The molecule has 1 aromatic carbocycles. The van der Waals surface area contributed by atoms with Crippen molar-refractivity contribution in [1.29, 1.82) is 5.26 Å². The van der Waals surface area contributed by atoms with Gasteiger partial charge in [0.15, 0.2) is 0 Å². The van der Waals surface area contributed by atoms with Crippen molar-refractivity contribution >= 4 is 34.0 Å². The van der Waals surface area contributed by atoms with Gasteiger partial charge in [-0.15, -0.1) is 12.4 Å². The summed E-state index contributed by atoms with van der Waals surface area (Å²) in [6, 6.07) is 6.16. The molecule has 0 bridgehead atoms. The summed E-state index contributed by atoms with van der Waals surface area (Å²) in [6.07, 6.45) is 1.55. The van der Waals surface area contributed by atoms with E-state index >= 15 is 0 Å². The van der Waals surface area contributed by atoms with Crippen molar-refractivity contribution in [3.8, 4) is 6.07 Å². The topological polar surface area (TPSA) is 73.2 Å². The molecule has 8 heteroatoms. The maximum atomic E-state index is 12.8. The highest BCUT2D eigenvalue weighted by Crippen LogP contribution is 2.25. The van der Waals surface area contributed by atoms with E-state index in [9.17, 15) is 8.42 Å². The molecule has 1 fully saturated rings. The first-order valence-electron chi connectivity index (χ1n) is 6.93. The van der Waals surface area contributed by atoms with Crippen LogP contribution in [-0.2, 0) is 10.0 Å². The van der Waals surface area contributed by atoms with Gasteiger partial charge in [-0.25, -0.2) is 8.42 Å². The van der Waals surface area contributed by atoms with Gasteiger partial charge in [0, 0.05) is 19.1 Å². The molecule has 0 saturated carbocycles. The molecule has 0 amide bonds. The quantitative estimate of drug-likeness (QED) is 0.871. The van der Waals surface area contributed by atoms with Gasteiger partial charge in [0.05, 0.1) is 15.5 Å². The Kier molecular flexibility index (Phi) is 7.10. The Bertz CT molecular complexity index is 653. The van der Waals surface area contributed by atoms with Crippen LogP contribution < -0.4 is 5.32 Å². The summed E-state index contributed by atoms with van der Waals surface area (Å²) in [5.41, 5.74) is 0.179. The van der Waals surface area contributed by atoms with Crippen LogP contribution in [-0.4, -0.2) is 38.4 Å². The Hall–Kier alpha value is -0.840. The molecule has 0 aliphatic carbocycles. The zero-order valence-electron chi connectivity index (χ0n) is 12.3. The van der Waals surface area contributed by atoms with E-state index in [0.717, 1.165) is 19.4 Å². The van der Waals surface area contributed by atoms with E-state index < -0.39 is 10.0 Å². The molecule has 22 heavy (non-hydrogen) atoms. The molecule has 122 valence electrons. The van der Waals surface area contributed by atoms with E-state index in [4.69, 9.17) is 16.9 Å². The number of halogens is 2. The van der Waals surface area contributed by atoms with Gasteiger partial charge in [0.2, 0.25) is 10.0 Å². The van der Waals surface area contributed by atoms with E-state index in [1.807, 2.05) is 13.0 Å². The summed E-state index contributed by atoms with van der Waals surface area (Å²) < 4.78 is 27.2. The minimum Gasteiger partial charge on any atom is -0.315 e. The number of sulfonamides is 1. The molecule has 0 aromatic heterocycles. The molecule has 1 atom stereocenters. The van der Waals surface area contributed by atoms with Gasteiger partial charge in [0.1, 0.15) is 6.07 Å². The van der Waals surface area contributed by atoms with Crippen LogP contribution in [0.5, 0.6) is 0 Å². The Morgan fingerprint density at radius 1 is 1.50 bits per heavy atom. The molecule has 1 aromatic rings. The molecular weight excluding hydrogens is 345 g/mol. The number of hydrogen-bond donors (Lipinski definition) is 1. The first kappa shape index (κ1) is 19.2. The highest BCUT2D eigenvalue weighted by Gasteiger charge is 2.32. The normalized spacial score (nSPS) is 18.0. The Morgan fingerprint density at radius 2 is 2.23 bits per heavy atom. The summed E-state index contributed by atoms with van der Waals surface area (Å²) in [5.74, 6) is 0. The second kappa shape index (κ2) is 8.14. The maximum absolute atomic E-state index is 12.8. The lowest BCUT2D eigenvalue weighted by molar-refractivity contribution is 0.335. The minimum absolute atomic E-state index is 0. The first-order valence-corrected chi connectivity index (χ1v) is 8.74. The second-order valence-corrected chi connectivity index (χ2v) is 7.31. The van der Waals surface area contributed by atoms with Crippen LogP contribution in [0.3, 0.4) is 0 Å². The molecule has 1 N–H and O–H groups in total. The summed E-state index contributed by atoms with van der Waals surface area (Å²) in [5, 5.41) is 12.5. The Balaban J connectivity index is 0.00000242. The number of nitrogens with zero attached hydrogens (tertiary/aromatic N) is 2. The monoisotopic (exact) mass is 363 g/mol. The number of hydrogen-bond acceptors (Lipinski definition) is 4. The summed E-state index contributed by atoms with van der Waals surface area (Å²) in [7, 11) is -3.61. The highest BCUT2D eigenvalue weighted by atomic mass is 35.5. The number of nitrogens with one attached hydrogen (secondary N) is 1. The fraction of sp³-hybridized carbons (Fsp3) is 0.500. The second-order valence-electron chi connectivity index (χ2n) is 5.02. The van der Waals surface area contributed by atoms with Gasteiger partial charge >= 0.3 is 0 Å². The van der Waals surface area contributed by atoms with Gasteiger partial charge in [-0.1, -0.05) is 18.5 Å². The van der Waals surface area contributed by atoms with Crippen LogP contribution >= 0.6 is 24.0 Å². The van der Waals surface area contributed by atoms with Crippen molar-refractivity contribution in [3.05, 3.63) is 28.8 Å². The van der Waals surface area contributed by atoms with E-state index in [2.05, 4.69) is 5.32 Å². The van der Waals surface area contributed by atoms with Crippen LogP contribution in [0.1, 0.15) is 25.3 Å². The number of benzene rings is 1. The summed E-state index contributed by atoms with van der Waals surface area (Å²) in [6.45, 7) is 3.91. The van der Waals surface area contributed by atoms with Gasteiger partial charge < -0.3 is 5.32 Å². The van der Waals surface area contributed by atoms with Gasteiger partial charge in [0.25, 0.3) is 0 Å². The molecule has 2 rings (SSSR count). The largest absolute Gasteiger partial charge is 0.315 e. The SMILES string of the molecule is CCCN(C1CCNC1)S(=O)(=O)c1ccc(Cl)c(C#N)c1.Cl. The molecular formula is C14H19Cl2N3O2S. The van der Waals surface area contributed by atoms with E-state index in [0.29, 0.717) is 13.1 Å². The lowest BCUT2D eigenvalue weighted by atomic mass is 10.2. The third-order valence-corrected chi connectivity index (χ3v) is 5.83. The van der Waals surface area contributed by atoms with Crippen LogP contribution in [0, 0.1) is 11.3 Å². The number of nitriles is 1.